The number of fused-ring (bicyclic) bond motifs is 1. The summed E-state index contributed by atoms with van der Waals surface area (Å²) in [5.74, 6) is 1.77. The third-order valence-electron chi connectivity index (χ3n) is 4.69. The van der Waals surface area contributed by atoms with Crippen molar-refractivity contribution in [1.82, 2.24) is 4.90 Å². The zero-order chi connectivity index (χ0) is 14.1. The molecule has 0 aromatic heterocycles. The smallest absolute Gasteiger partial charge is 0.227 e. The number of carbonyl (C=O) groups excluding carboxylic acids is 1. The molecule has 4 heteroatoms. The molecular formula is C16H21NO3. The van der Waals surface area contributed by atoms with Gasteiger partial charge in [-0.1, -0.05) is 12.1 Å². The second-order valence-corrected chi connectivity index (χ2v) is 5.89. The summed E-state index contributed by atoms with van der Waals surface area (Å²) in [6, 6.07) is 7.63. The van der Waals surface area contributed by atoms with Gasteiger partial charge in [0.25, 0.3) is 0 Å². The molecule has 20 heavy (non-hydrogen) atoms. The normalized spacial score (nSPS) is 28.5. The van der Waals surface area contributed by atoms with Gasteiger partial charge in [-0.2, -0.15) is 0 Å². The van der Waals surface area contributed by atoms with E-state index in [4.69, 9.17) is 4.74 Å². The fraction of sp³-hybridized carbons (Fsp3) is 0.562. The summed E-state index contributed by atoms with van der Waals surface area (Å²) in [7, 11) is 1.63. The van der Waals surface area contributed by atoms with Gasteiger partial charge >= 0.3 is 0 Å². The minimum absolute atomic E-state index is 0.164. The van der Waals surface area contributed by atoms with E-state index in [1.54, 1.807) is 7.11 Å². The first-order valence-corrected chi connectivity index (χ1v) is 7.26. The van der Waals surface area contributed by atoms with Gasteiger partial charge in [-0.25, -0.2) is 0 Å². The van der Waals surface area contributed by atoms with Crippen LogP contribution in [0.5, 0.6) is 5.75 Å². The Morgan fingerprint density at radius 2 is 2.05 bits per heavy atom. The third kappa shape index (κ3) is 2.52. The van der Waals surface area contributed by atoms with Gasteiger partial charge in [0.2, 0.25) is 5.91 Å². The average Bonchev–Trinajstić information content (AvgIpc) is 3.02. The molecule has 4 nitrogen and oxygen atoms in total. The summed E-state index contributed by atoms with van der Waals surface area (Å²) < 4.78 is 5.11. The van der Waals surface area contributed by atoms with Crippen LogP contribution in [0.25, 0.3) is 0 Å². The van der Waals surface area contributed by atoms with Gasteiger partial charge in [0.1, 0.15) is 5.75 Å². The number of ether oxygens (including phenoxy) is 1. The summed E-state index contributed by atoms with van der Waals surface area (Å²) in [5, 5.41) is 9.89. The lowest BCUT2D eigenvalue weighted by Gasteiger charge is -2.18. The fourth-order valence-electron chi connectivity index (χ4n) is 3.47. The first-order valence-electron chi connectivity index (χ1n) is 7.26. The molecule has 0 unspecified atom stereocenters. The Kier molecular flexibility index (Phi) is 3.66. The second-order valence-electron chi connectivity index (χ2n) is 5.89. The molecule has 3 atom stereocenters. The molecule has 1 amide bonds. The van der Waals surface area contributed by atoms with Crippen LogP contribution in [-0.4, -0.2) is 42.2 Å². The maximum atomic E-state index is 12.3. The van der Waals surface area contributed by atoms with Crippen molar-refractivity contribution in [3.63, 3.8) is 0 Å². The lowest BCUT2D eigenvalue weighted by Crippen LogP contribution is -2.32. The average molecular weight is 275 g/mol. The van der Waals surface area contributed by atoms with Crippen LogP contribution in [0.1, 0.15) is 18.4 Å². The topological polar surface area (TPSA) is 49.8 Å². The molecule has 1 aliphatic carbocycles. The summed E-state index contributed by atoms with van der Waals surface area (Å²) >= 11 is 0. The zero-order valence-electron chi connectivity index (χ0n) is 11.8. The number of likely N-dealkylation sites (tertiary alicyclic amines) is 1. The molecule has 3 rings (SSSR count). The van der Waals surface area contributed by atoms with Gasteiger partial charge in [-0.3, -0.25) is 4.79 Å². The van der Waals surface area contributed by atoms with E-state index < -0.39 is 0 Å². The molecular weight excluding hydrogens is 254 g/mol. The van der Waals surface area contributed by atoms with Crippen LogP contribution in [0.15, 0.2) is 24.3 Å². The molecule has 1 saturated carbocycles. The number of nitrogens with zero attached hydrogens (tertiary/aromatic N) is 1. The molecule has 0 radical (unpaired) electrons. The maximum absolute atomic E-state index is 12.3. The van der Waals surface area contributed by atoms with E-state index >= 15 is 0 Å². The van der Waals surface area contributed by atoms with E-state index in [1.165, 1.54) is 0 Å². The number of benzene rings is 1. The van der Waals surface area contributed by atoms with E-state index in [0.29, 0.717) is 18.3 Å². The molecule has 2 fully saturated rings. The van der Waals surface area contributed by atoms with Crippen molar-refractivity contribution >= 4 is 5.91 Å². The Morgan fingerprint density at radius 1 is 1.30 bits per heavy atom. The molecule has 0 spiro atoms. The lowest BCUT2D eigenvalue weighted by atomic mass is 10.00. The molecule has 1 aliphatic heterocycles. The molecule has 1 aromatic carbocycles. The first kappa shape index (κ1) is 13.4. The number of amides is 1. The number of carbonyl (C=O) groups is 1. The Bertz CT molecular complexity index is 485. The highest BCUT2D eigenvalue weighted by Crippen LogP contribution is 2.38. The number of methoxy groups -OCH3 is 1. The Labute approximate surface area is 119 Å². The maximum Gasteiger partial charge on any atom is 0.227 e. The van der Waals surface area contributed by atoms with Crippen molar-refractivity contribution in [1.29, 1.82) is 0 Å². The highest BCUT2D eigenvalue weighted by molar-refractivity contribution is 5.79. The largest absolute Gasteiger partial charge is 0.497 e. The van der Waals surface area contributed by atoms with Crippen molar-refractivity contribution in [2.75, 3.05) is 20.2 Å². The van der Waals surface area contributed by atoms with Crippen molar-refractivity contribution in [3.8, 4) is 5.75 Å². The predicted octanol–water partition coefficient (Wildman–Crippen LogP) is 1.47. The highest BCUT2D eigenvalue weighted by Gasteiger charge is 2.43. The Balaban J connectivity index is 1.59. The van der Waals surface area contributed by atoms with Crippen LogP contribution in [0.2, 0.25) is 0 Å². The molecule has 108 valence electrons. The van der Waals surface area contributed by atoms with Crippen molar-refractivity contribution < 1.29 is 14.6 Å². The summed E-state index contributed by atoms with van der Waals surface area (Å²) in [6.07, 6.45) is 2.17. The van der Waals surface area contributed by atoms with E-state index in [2.05, 4.69) is 0 Å². The fourth-order valence-corrected chi connectivity index (χ4v) is 3.47. The number of aliphatic hydroxyl groups is 1. The summed E-state index contributed by atoms with van der Waals surface area (Å²) in [6.45, 7) is 1.54. The minimum Gasteiger partial charge on any atom is -0.497 e. The van der Waals surface area contributed by atoms with Crippen LogP contribution < -0.4 is 4.74 Å². The number of hydrogen-bond donors (Lipinski definition) is 1. The van der Waals surface area contributed by atoms with Gasteiger partial charge in [-0.15, -0.1) is 0 Å². The quantitative estimate of drug-likeness (QED) is 0.908. The molecule has 2 aliphatic rings. The zero-order valence-corrected chi connectivity index (χ0v) is 11.8. The SMILES string of the molecule is COc1ccc(CC(=O)N2C[C@H]3CC[C@@H](O)[C@H]3C2)cc1. The molecule has 1 N–H and O–H groups in total. The van der Waals surface area contributed by atoms with Crippen molar-refractivity contribution in [2.45, 2.75) is 25.4 Å². The van der Waals surface area contributed by atoms with E-state index in [0.717, 1.165) is 37.2 Å². The molecule has 1 saturated heterocycles. The van der Waals surface area contributed by atoms with Crippen LogP contribution in [0, 0.1) is 11.8 Å². The summed E-state index contributed by atoms with van der Waals surface area (Å²) in [4.78, 5) is 14.2. The number of hydrogen-bond acceptors (Lipinski definition) is 3. The van der Waals surface area contributed by atoms with E-state index in [9.17, 15) is 9.90 Å². The predicted molar refractivity (Wildman–Crippen MR) is 75.5 cm³/mol. The van der Waals surface area contributed by atoms with Gasteiger partial charge in [0.05, 0.1) is 19.6 Å². The molecule has 1 aromatic rings. The van der Waals surface area contributed by atoms with Crippen LogP contribution in [-0.2, 0) is 11.2 Å². The van der Waals surface area contributed by atoms with Crippen LogP contribution in [0.4, 0.5) is 0 Å². The molecule has 1 heterocycles. The first-order chi connectivity index (χ1) is 9.67. The second kappa shape index (κ2) is 5.44. The van der Waals surface area contributed by atoms with E-state index in [1.807, 2.05) is 29.2 Å². The van der Waals surface area contributed by atoms with Gasteiger partial charge in [0.15, 0.2) is 0 Å². The van der Waals surface area contributed by atoms with Crippen molar-refractivity contribution in [2.24, 2.45) is 11.8 Å². The monoisotopic (exact) mass is 275 g/mol. The highest BCUT2D eigenvalue weighted by atomic mass is 16.5. The Hall–Kier alpha value is -1.55. The number of aliphatic hydroxyl groups excluding tert-OH is 1. The minimum atomic E-state index is -0.209. The number of rotatable bonds is 3. The van der Waals surface area contributed by atoms with Gasteiger partial charge in [-0.05, 0) is 36.5 Å². The van der Waals surface area contributed by atoms with Gasteiger partial charge < -0.3 is 14.7 Å². The summed E-state index contributed by atoms with van der Waals surface area (Å²) in [5.41, 5.74) is 1.01. The van der Waals surface area contributed by atoms with Crippen molar-refractivity contribution in [3.05, 3.63) is 29.8 Å². The standard InChI is InChI=1S/C16H21NO3/c1-20-13-5-2-11(3-6-13)8-16(19)17-9-12-4-7-15(18)14(12)10-17/h2-3,5-6,12,14-15,18H,4,7-10H2,1H3/t12-,14+,15-/m1/s1. The lowest BCUT2D eigenvalue weighted by molar-refractivity contribution is -0.129. The third-order valence-corrected chi connectivity index (χ3v) is 4.69. The Morgan fingerprint density at radius 3 is 2.70 bits per heavy atom. The van der Waals surface area contributed by atoms with Crippen LogP contribution in [0.3, 0.4) is 0 Å². The van der Waals surface area contributed by atoms with E-state index in [-0.39, 0.29) is 12.0 Å². The van der Waals surface area contributed by atoms with Gasteiger partial charge in [0, 0.05) is 19.0 Å². The van der Waals surface area contributed by atoms with Crippen LogP contribution >= 0.6 is 0 Å². The molecule has 0 bridgehead atoms.